The van der Waals surface area contributed by atoms with Crippen molar-refractivity contribution in [1.82, 2.24) is 9.55 Å². The van der Waals surface area contributed by atoms with Gasteiger partial charge >= 0.3 is 0 Å². The van der Waals surface area contributed by atoms with E-state index in [1.165, 1.54) is 0 Å². The van der Waals surface area contributed by atoms with Crippen LogP contribution < -0.4 is 11.1 Å². The highest BCUT2D eigenvalue weighted by atomic mass is 16.3. The zero-order valence-corrected chi connectivity index (χ0v) is 17.9. The lowest BCUT2D eigenvalue weighted by molar-refractivity contribution is 0.428. The number of fused-ring (bicyclic) bond motifs is 3. The number of nitrogens with two attached hydrogens (primary N) is 1. The number of nitrogens with one attached hydrogen (secondary N) is 1. The molecule has 4 rings (SSSR count). The summed E-state index contributed by atoms with van der Waals surface area (Å²) in [6.45, 7) is 12.8. The molecule has 0 fully saturated rings. The minimum Gasteiger partial charge on any atom is -0.507 e. The smallest absolute Gasteiger partial charge is 0.212 e. The summed E-state index contributed by atoms with van der Waals surface area (Å²) in [7, 11) is 0. The molecule has 3 aromatic rings. The van der Waals surface area contributed by atoms with Crippen LogP contribution in [0.3, 0.4) is 0 Å². The van der Waals surface area contributed by atoms with Gasteiger partial charge in [-0.25, -0.2) is 9.98 Å². The summed E-state index contributed by atoms with van der Waals surface area (Å²) in [4.78, 5) is 9.33. The summed E-state index contributed by atoms with van der Waals surface area (Å²) >= 11 is 0. The monoisotopic (exact) mass is 391 g/mol. The molecule has 0 aliphatic carbocycles. The van der Waals surface area contributed by atoms with Crippen LogP contribution in [0, 0.1) is 0 Å². The van der Waals surface area contributed by atoms with Gasteiger partial charge in [-0.05, 0) is 40.2 Å². The number of hydrogen-bond donors (Lipinski definition) is 3. The van der Waals surface area contributed by atoms with Crippen LogP contribution in [0.1, 0.15) is 64.4 Å². The van der Waals surface area contributed by atoms with E-state index >= 15 is 0 Å². The predicted octanol–water partition coefficient (Wildman–Crippen LogP) is 4.62. The van der Waals surface area contributed by atoms with Crippen molar-refractivity contribution in [2.24, 2.45) is 10.7 Å². The highest BCUT2D eigenvalue weighted by Crippen LogP contribution is 2.43. The molecule has 6 nitrogen and oxygen atoms in total. The molecule has 1 aliphatic heterocycles. The van der Waals surface area contributed by atoms with E-state index < -0.39 is 6.17 Å². The largest absolute Gasteiger partial charge is 0.507 e. The first-order chi connectivity index (χ1) is 13.5. The Morgan fingerprint density at radius 1 is 1.03 bits per heavy atom. The number of benzene rings is 2. The SMILES string of the molecule is CC(C)(C)c1cc(C2N=C(N)Nc3nc4ccccc4n32)c(O)c(C(C)(C)C)c1. The summed E-state index contributed by atoms with van der Waals surface area (Å²) in [6, 6.07) is 12.1. The van der Waals surface area contributed by atoms with Gasteiger partial charge in [-0.2, -0.15) is 0 Å². The van der Waals surface area contributed by atoms with Gasteiger partial charge in [0, 0.05) is 5.56 Å². The maximum Gasteiger partial charge on any atom is 0.212 e. The van der Waals surface area contributed by atoms with Crippen LogP contribution in [0.5, 0.6) is 5.75 Å². The lowest BCUT2D eigenvalue weighted by atomic mass is 9.78. The van der Waals surface area contributed by atoms with E-state index in [4.69, 9.17) is 5.73 Å². The third kappa shape index (κ3) is 3.22. The van der Waals surface area contributed by atoms with Crippen molar-refractivity contribution in [2.75, 3.05) is 5.32 Å². The fourth-order valence-corrected chi connectivity index (χ4v) is 3.78. The molecule has 4 N–H and O–H groups in total. The molecule has 0 saturated heterocycles. The van der Waals surface area contributed by atoms with Gasteiger partial charge in [0.15, 0.2) is 12.1 Å². The van der Waals surface area contributed by atoms with Gasteiger partial charge in [-0.15, -0.1) is 0 Å². The zero-order valence-electron chi connectivity index (χ0n) is 17.9. The second-order valence-corrected chi connectivity index (χ2v) is 9.77. The maximum atomic E-state index is 11.3. The number of aromatic hydroxyl groups is 1. The Morgan fingerprint density at radius 3 is 2.38 bits per heavy atom. The summed E-state index contributed by atoms with van der Waals surface area (Å²) in [5.41, 5.74) is 10.4. The standard InChI is InChI=1S/C23H29N5O/c1-22(2,3)13-11-14(18(29)15(12-13)23(4,5)6)19-26-20(24)27-21-25-16-9-7-8-10-17(16)28(19)21/h7-12,19,29H,1-6H3,(H3,24,25,26,27). The van der Waals surface area contributed by atoms with E-state index in [2.05, 4.69) is 69.0 Å². The van der Waals surface area contributed by atoms with Crippen molar-refractivity contribution in [3.63, 3.8) is 0 Å². The molecule has 1 aliphatic rings. The van der Waals surface area contributed by atoms with Gasteiger partial charge < -0.3 is 10.8 Å². The van der Waals surface area contributed by atoms with Crippen molar-refractivity contribution < 1.29 is 5.11 Å². The van der Waals surface area contributed by atoms with Crippen LogP contribution in [0.15, 0.2) is 41.4 Å². The van der Waals surface area contributed by atoms with E-state index in [-0.39, 0.29) is 22.5 Å². The number of aliphatic imine (C=N–C) groups is 1. The average molecular weight is 392 g/mol. The number of hydrogen-bond acceptors (Lipinski definition) is 5. The second-order valence-electron chi connectivity index (χ2n) is 9.77. The van der Waals surface area contributed by atoms with Crippen LogP contribution in [0.25, 0.3) is 11.0 Å². The van der Waals surface area contributed by atoms with Crippen molar-refractivity contribution in [3.05, 3.63) is 53.1 Å². The first kappa shape index (κ1) is 19.3. The Balaban J connectivity index is 2.03. The number of aromatic nitrogens is 2. The van der Waals surface area contributed by atoms with E-state index in [0.717, 1.165) is 27.7 Å². The first-order valence-corrected chi connectivity index (χ1v) is 9.92. The highest BCUT2D eigenvalue weighted by molar-refractivity contribution is 5.94. The molecule has 0 spiro atoms. The summed E-state index contributed by atoms with van der Waals surface area (Å²) in [5, 5.41) is 14.4. The molecule has 0 bridgehead atoms. The molecule has 0 amide bonds. The van der Waals surface area contributed by atoms with E-state index in [0.29, 0.717) is 5.95 Å². The molecule has 2 aromatic carbocycles. The lowest BCUT2D eigenvalue weighted by Crippen LogP contribution is -2.32. The number of rotatable bonds is 1. The zero-order chi connectivity index (χ0) is 21.1. The molecule has 6 heteroatoms. The van der Waals surface area contributed by atoms with Gasteiger partial charge in [0.25, 0.3) is 0 Å². The summed E-state index contributed by atoms with van der Waals surface area (Å²) in [6.07, 6.45) is -0.498. The van der Waals surface area contributed by atoms with Crippen molar-refractivity contribution >= 4 is 22.9 Å². The Hall–Kier alpha value is -3.02. The minimum absolute atomic E-state index is 0.0789. The second kappa shape index (κ2) is 6.24. The number of anilines is 1. The Morgan fingerprint density at radius 2 is 1.72 bits per heavy atom. The fourth-order valence-electron chi connectivity index (χ4n) is 3.78. The first-order valence-electron chi connectivity index (χ1n) is 9.92. The topological polar surface area (TPSA) is 88.5 Å². The number of imidazole rings is 1. The number of guanidine groups is 1. The molecule has 1 unspecified atom stereocenters. The van der Waals surface area contributed by atoms with Gasteiger partial charge in [0.2, 0.25) is 5.95 Å². The van der Waals surface area contributed by atoms with Crippen LogP contribution in [-0.4, -0.2) is 20.6 Å². The number of nitrogens with zero attached hydrogens (tertiary/aromatic N) is 3. The molecular weight excluding hydrogens is 362 g/mol. The van der Waals surface area contributed by atoms with Crippen molar-refractivity contribution in [2.45, 2.75) is 58.5 Å². The van der Waals surface area contributed by atoms with Crippen LogP contribution in [0.2, 0.25) is 0 Å². The lowest BCUT2D eigenvalue weighted by Gasteiger charge is -2.30. The maximum absolute atomic E-state index is 11.3. The molecule has 0 radical (unpaired) electrons. The third-order valence-corrected chi connectivity index (χ3v) is 5.43. The van der Waals surface area contributed by atoms with Crippen LogP contribution in [0.4, 0.5) is 5.95 Å². The van der Waals surface area contributed by atoms with Crippen molar-refractivity contribution in [3.8, 4) is 5.75 Å². The van der Waals surface area contributed by atoms with E-state index in [1.54, 1.807) is 0 Å². The number of phenols is 1. The van der Waals surface area contributed by atoms with E-state index in [1.807, 2.05) is 28.8 Å². The third-order valence-electron chi connectivity index (χ3n) is 5.43. The quantitative estimate of drug-likeness (QED) is 0.564. The Bertz CT molecular complexity index is 1130. The predicted molar refractivity (Wildman–Crippen MR) is 119 cm³/mol. The van der Waals surface area contributed by atoms with Gasteiger partial charge in [-0.1, -0.05) is 59.7 Å². The highest BCUT2D eigenvalue weighted by Gasteiger charge is 2.32. The van der Waals surface area contributed by atoms with Gasteiger partial charge in [0.1, 0.15) is 5.75 Å². The number of phenolic OH excluding ortho intramolecular Hbond substituents is 1. The van der Waals surface area contributed by atoms with Crippen molar-refractivity contribution in [1.29, 1.82) is 0 Å². The average Bonchev–Trinajstić information content (AvgIpc) is 2.97. The molecule has 152 valence electrons. The molecule has 0 saturated carbocycles. The summed E-state index contributed by atoms with van der Waals surface area (Å²) in [5.74, 6) is 1.18. The Labute approximate surface area is 171 Å². The number of para-hydroxylation sites is 2. The van der Waals surface area contributed by atoms with Gasteiger partial charge in [0.05, 0.1) is 11.0 Å². The molecule has 2 heterocycles. The minimum atomic E-state index is -0.498. The molecular formula is C23H29N5O. The fraction of sp³-hybridized carbons (Fsp3) is 0.391. The Kier molecular flexibility index (Phi) is 4.15. The van der Waals surface area contributed by atoms with Crippen LogP contribution in [-0.2, 0) is 10.8 Å². The summed E-state index contributed by atoms with van der Waals surface area (Å²) < 4.78 is 2.00. The van der Waals surface area contributed by atoms with E-state index in [9.17, 15) is 5.11 Å². The molecule has 1 aromatic heterocycles. The normalized spacial score (nSPS) is 17.0. The van der Waals surface area contributed by atoms with Gasteiger partial charge in [-0.3, -0.25) is 9.88 Å². The van der Waals surface area contributed by atoms with Crippen LogP contribution >= 0.6 is 0 Å². The molecule has 1 atom stereocenters. The molecule has 29 heavy (non-hydrogen) atoms.